The summed E-state index contributed by atoms with van der Waals surface area (Å²) in [5, 5.41) is 12.1. The molecule has 0 aliphatic carbocycles. The molecule has 0 saturated heterocycles. The Morgan fingerprint density at radius 3 is 1.97 bits per heavy atom. The lowest BCUT2D eigenvalue weighted by Crippen LogP contribution is -2.23. The van der Waals surface area contributed by atoms with E-state index in [2.05, 4.69) is 61.0 Å². The van der Waals surface area contributed by atoms with Crippen LogP contribution in [0.5, 0.6) is 5.75 Å². The third kappa shape index (κ3) is 5.89. The highest BCUT2D eigenvalue weighted by Crippen LogP contribution is 2.73. The predicted molar refractivity (Wildman–Crippen MR) is 146 cm³/mol. The molecule has 0 unspecified atom stereocenters. The fourth-order valence-corrected chi connectivity index (χ4v) is 11.1. The van der Waals surface area contributed by atoms with Gasteiger partial charge in [-0.1, -0.05) is 80.2 Å². The Kier molecular flexibility index (Phi) is 9.58. The number of hydrogen-bond donors (Lipinski definition) is 1. The van der Waals surface area contributed by atoms with Gasteiger partial charge in [-0.05, 0) is 49.1 Å². The van der Waals surface area contributed by atoms with E-state index >= 15 is 0 Å². The maximum atomic E-state index is 13.5. The lowest BCUT2D eigenvalue weighted by atomic mass is 10.0. The Balaban J connectivity index is 2.33. The van der Waals surface area contributed by atoms with Crippen LogP contribution in [0.2, 0.25) is 0 Å². The van der Waals surface area contributed by atoms with Crippen molar-refractivity contribution in [3.63, 3.8) is 0 Å². The van der Waals surface area contributed by atoms with Crippen LogP contribution in [-0.4, -0.2) is 23.6 Å². The van der Waals surface area contributed by atoms with Gasteiger partial charge >= 0.3 is 5.63 Å². The standard InChI is InChI=1S/C28H36BrO3P/c1-4-7-18-33(19-8-5-2,20-9-6-3)27(21-14-16-22(29)17-15-21)25-26(30)23-12-10-11-13-24(23)32-28(25)31/h10-17,27H,4-9,18-20H2,1-3H3/p+1/t27-/m0/s1. The number of fused-ring (bicyclic) bond motifs is 1. The van der Waals surface area contributed by atoms with E-state index in [0.717, 1.165) is 67.0 Å². The van der Waals surface area contributed by atoms with Crippen molar-refractivity contribution < 1.29 is 9.52 Å². The van der Waals surface area contributed by atoms with Gasteiger partial charge < -0.3 is 9.52 Å². The van der Waals surface area contributed by atoms with Gasteiger partial charge in [-0.15, -0.1) is 0 Å². The van der Waals surface area contributed by atoms with Crippen LogP contribution in [0.1, 0.15) is 76.1 Å². The van der Waals surface area contributed by atoms with Crippen molar-refractivity contribution >= 4 is 34.2 Å². The Morgan fingerprint density at radius 1 is 0.879 bits per heavy atom. The molecule has 3 nitrogen and oxygen atoms in total. The fourth-order valence-electron chi connectivity index (χ4n) is 4.93. The van der Waals surface area contributed by atoms with Crippen molar-refractivity contribution in [2.24, 2.45) is 0 Å². The van der Waals surface area contributed by atoms with Crippen LogP contribution >= 0.6 is 23.2 Å². The number of benzene rings is 2. The van der Waals surface area contributed by atoms with Gasteiger partial charge in [0.15, 0.2) is 0 Å². The molecule has 0 aliphatic rings. The first-order valence-electron chi connectivity index (χ1n) is 12.3. The molecular weight excluding hydrogens is 495 g/mol. The zero-order valence-electron chi connectivity index (χ0n) is 20.1. The number of hydrogen-bond acceptors (Lipinski definition) is 3. The van der Waals surface area contributed by atoms with Gasteiger partial charge in [0.05, 0.1) is 23.9 Å². The molecule has 33 heavy (non-hydrogen) atoms. The van der Waals surface area contributed by atoms with Gasteiger partial charge in [0.1, 0.15) is 22.6 Å². The van der Waals surface area contributed by atoms with Gasteiger partial charge in [-0.2, -0.15) is 0 Å². The highest BCUT2D eigenvalue weighted by Gasteiger charge is 2.48. The van der Waals surface area contributed by atoms with Crippen molar-refractivity contribution in [2.45, 2.75) is 65.0 Å². The number of rotatable bonds is 12. The molecule has 1 heterocycles. The average Bonchev–Trinajstić information content (AvgIpc) is 2.82. The van der Waals surface area contributed by atoms with Gasteiger partial charge in [-0.3, -0.25) is 0 Å². The normalized spacial score (nSPS) is 12.8. The van der Waals surface area contributed by atoms with Crippen LogP contribution < -0.4 is 5.63 Å². The van der Waals surface area contributed by atoms with Gasteiger partial charge in [0.25, 0.3) is 0 Å². The second kappa shape index (κ2) is 12.2. The van der Waals surface area contributed by atoms with Crippen molar-refractivity contribution in [2.75, 3.05) is 18.5 Å². The first kappa shape index (κ1) is 26.0. The highest BCUT2D eigenvalue weighted by molar-refractivity contribution is 9.10. The zero-order chi connectivity index (χ0) is 23.8. The van der Waals surface area contributed by atoms with Gasteiger partial charge in [0, 0.05) is 11.7 Å². The average molecular weight is 532 g/mol. The van der Waals surface area contributed by atoms with E-state index in [0.29, 0.717) is 16.5 Å². The van der Waals surface area contributed by atoms with E-state index in [1.165, 1.54) is 0 Å². The maximum Gasteiger partial charge on any atom is 0.347 e. The molecule has 3 aromatic rings. The van der Waals surface area contributed by atoms with Crippen molar-refractivity contribution in [3.05, 3.63) is 74.6 Å². The number of unbranched alkanes of at least 4 members (excludes halogenated alkanes) is 3. The summed E-state index contributed by atoms with van der Waals surface area (Å²) >= 11 is 3.57. The molecule has 5 heteroatoms. The molecule has 2 aromatic carbocycles. The van der Waals surface area contributed by atoms with E-state index in [1.54, 1.807) is 6.07 Å². The zero-order valence-corrected chi connectivity index (χ0v) is 22.6. The minimum absolute atomic E-state index is 0.101. The predicted octanol–water partition coefficient (Wildman–Crippen LogP) is 8.77. The molecule has 0 aliphatic heterocycles. The number of aromatic hydroxyl groups is 1. The van der Waals surface area contributed by atoms with Gasteiger partial charge in [0.2, 0.25) is 0 Å². The first-order valence-corrected chi connectivity index (χ1v) is 15.5. The summed E-state index contributed by atoms with van der Waals surface area (Å²) in [5.41, 5.74) is 1.52. The van der Waals surface area contributed by atoms with Crippen LogP contribution in [0.3, 0.4) is 0 Å². The number of halogens is 1. The second-order valence-electron chi connectivity index (χ2n) is 9.05. The lowest BCUT2D eigenvalue weighted by molar-refractivity contribution is 0.457. The topological polar surface area (TPSA) is 50.4 Å². The molecule has 1 aromatic heterocycles. The van der Waals surface area contributed by atoms with Crippen LogP contribution in [0.25, 0.3) is 11.0 Å². The molecule has 1 N–H and O–H groups in total. The Hall–Kier alpha value is -1.64. The summed E-state index contributed by atoms with van der Waals surface area (Å²) in [7, 11) is -1.68. The van der Waals surface area contributed by atoms with Crippen molar-refractivity contribution in [3.8, 4) is 5.75 Å². The van der Waals surface area contributed by atoms with Gasteiger partial charge in [-0.25, -0.2) is 4.79 Å². The van der Waals surface area contributed by atoms with E-state index in [-0.39, 0.29) is 11.4 Å². The summed E-state index contributed by atoms with van der Waals surface area (Å²) in [6, 6.07) is 15.7. The smallest absolute Gasteiger partial charge is 0.347 e. The Labute approximate surface area is 207 Å². The monoisotopic (exact) mass is 531 g/mol. The molecule has 0 spiro atoms. The maximum absolute atomic E-state index is 13.5. The third-order valence-electron chi connectivity index (χ3n) is 6.70. The summed E-state index contributed by atoms with van der Waals surface area (Å²) in [4.78, 5) is 13.5. The molecule has 0 fully saturated rings. The minimum Gasteiger partial charge on any atom is -0.506 e. The summed E-state index contributed by atoms with van der Waals surface area (Å²) in [6.45, 7) is 6.72. The number of para-hydroxylation sites is 1. The Morgan fingerprint density at radius 2 is 1.42 bits per heavy atom. The largest absolute Gasteiger partial charge is 0.506 e. The highest BCUT2D eigenvalue weighted by atomic mass is 79.9. The fraction of sp³-hybridized carbons (Fsp3) is 0.464. The summed E-state index contributed by atoms with van der Waals surface area (Å²) in [5.74, 6) is 0.101. The molecule has 1 atom stereocenters. The van der Waals surface area contributed by atoms with E-state index in [4.69, 9.17) is 4.42 Å². The first-order chi connectivity index (χ1) is 16.0. The van der Waals surface area contributed by atoms with Crippen LogP contribution in [0.15, 0.2) is 62.2 Å². The minimum atomic E-state index is -1.68. The van der Waals surface area contributed by atoms with Crippen molar-refractivity contribution in [1.29, 1.82) is 0 Å². The Bertz CT molecular complexity index is 1070. The van der Waals surface area contributed by atoms with E-state index in [9.17, 15) is 9.90 Å². The molecular formula is C28H37BrO3P+. The molecule has 0 saturated carbocycles. The van der Waals surface area contributed by atoms with Crippen molar-refractivity contribution in [1.82, 2.24) is 0 Å². The van der Waals surface area contributed by atoms with Crippen LogP contribution in [0.4, 0.5) is 0 Å². The molecule has 0 amide bonds. The summed E-state index contributed by atoms with van der Waals surface area (Å²) < 4.78 is 6.81. The van der Waals surface area contributed by atoms with Crippen LogP contribution in [0, 0.1) is 0 Å². The third-order valence-corrected chi connectivity index (χ3v) is 12.5. The SMILES string of the molecule is CCCC[P+](CCCC)(CCCC)[C@@H](c1ccc(Br)cc1)c1c(O)c2ccccc2oc1=O. The quantitative estimate of drug-likeness (QED) is 0.187. The van der Waals surface area contributed by atoms with Crippen LogP contribution in [-0.2, 0) is 0 Å². The molecule has 0 radical (unpaired) electrons. The molecule has 3 rings (SSSR count). The molecule has 178 valence electrons. The van der Waals surface area contributed by atoms with E-state index < -0.39 is 12.9 Å². The lowest BCUT2D eigenvalue weighted by Gasteiger charge is -2.36. The summed E-state index contributed by atoms with van der Waals surface area (Å²) in [6.07, 6.45) is 10.2. The second-order valence-corrected chi connectivity index (χ2v) is 14.3. The molecule has 0 bridgehead atoms. The van der Waals surface area contributed by atoms with E-state index in [1.807, 2.05) is 18.2 Å².